The molecule has 0 N–H and O–H groups in total. The number of aromatic nitrogens is 1. The maximum Gasteiger partial charge on any atom is 0.0459 e. The Morgan fingerprint density at radius 3 is 2.50 bits per heavy atom. The van der Waals surface area contributed by atoms with Gasteiger partial charge in [-0.1, -0.05) is 43.3 Å². The second kappa shape index (κ2) is 4.34. The summed E-state index contributed by atoms with van der Waals surface area (Å²) in [6.07, 6.45) is 3.32. The van der Waals surface area contributed by atoms with E-state index in [4.69, 9.17) is 0 Å². The summed E-state index contributed by atoms with van der Waals surface area (Å²) in [5.74, 6) is 0. The number of pyridine rings is 1. The molecule has 0 aliphatic rings. The van der Waals surface area contributed by atoms with Gasteiger partial charge in [0.2, 0.25) is 0 Å². The molecule has 1 aromatic carbocycles. The number of aryl methyl sites for hydroxylation is 2. The monoisotopic (exact) mass is 235 g/mol. The van der Waals surface area contributed by atoms with E-state index in [1.54, 1.807) is 0 Å². The van der Waals surface area contributed by atoms with Crippen molar-refractivity contribution in [2.24, 2.45) is 0 Å². The van der Waals surface area contributed by atoms with Gasteiger partial charge in [0.25, 0.3) is 0 Å². The average Bonchev–Trinajstić information content (AvgIpc) is 2.77. The van der Waals surface area contributed by atoms with Crippen LogP contribution in [0, 0.1) is 6.92 Å². The highest BCUT2D eigenvalue weighted by atomic mass is 14.9. The van der Waals surface area contributed by atoms with Crippen molar-refractivity contribution in [3.05, 3.63) is 66.0 Å². The van der Waals surface area contributed by atoms with Crippen LogP contribution >= 0.6 is 0 Å². The van der Waals surface area contributed by atoms with Crippen LogP contribution in [0.3, 0.4) is 0 Å². The molecule has 0 unspecified atom stereocenters. The van der Waals surface area contributed by atoms with Crippen molar-refractivity contribution in [3.8, 4) is 11.1 Å². The molecule has 18 heavy (non-hydrogen) atoms. The molecular weight excluding hydrogens is 218 g/mol. The van der Waals surface area contributed by atoms with Crippen LogP contribution < -0.4 is 0 Å². The normalized spacial score (nSPS) is 11.0. The first-order valence-corrected chi connectivity index (χ1v) is 6.45. The zero-order valence-electron chi connectivity index (χ0n) is 10.9. The molecule has 0 aliphatic carbocycles. The Morgan fingerprint density at radius 2 is 1.78 bits per heavy atom. The quantitative estimate of drug-likeness (QED) is 0.617. The largest absolute Gasteiger partial charge is 0.320 e. The first-order chi connectivity index (χ1) is 8.79. The molecule has 0 aliphatic heterocycles. The standard InChI is InChI=1S/C17H17N/c1-3-14-9-10-16-11-17(13(2)18(16)12-14)15-7-5-4-6-8-15/h4-12H,3H2,1-2H3. The van der Waals surface area contributed by atoms with Crippen molar-refractivity contribution in [2.75, 3.05) is 0 Å². The third kappa shape index (κ3) is 1.72. The minimum Gasteiger partial charge on any atom is -0.320 e. The Kier molecular flexibility index (Phi) is 2.67. The average molecular weight is 235 g/mol. The summed E-state index contributed by atoms with van der Waals surface area (Å²) >= 11 is 0. The third-order valence-corrected chi connectivity index (χ3v) is 3.58. The maximum atomic E-state index is 2.29. The van der Waals surface area contributed by atoms with Gasteiger partial charge in [-0.15, -0.1) is 0 Å². The van der Waals surface area contributed by atoms with E-state index < -0.39 is 0 Å². The fourth-order valence-corrected chi connectivity index (χ4v) is 2.47. The molecule has 0 radical (unpaired) electrons. The van der Waals surface area contributed by atoms with Gasteiger partial charge in [-0.25, -0.2) is 0 Å². The van der Waals surface area contributed by atoms with E-state index in [1.165, 1.54) is 27.9 Å². The molecule has 0 atom stereocenters. The fourth-order valence-electron chi connectivity index (χ4n) is 2.47. The predicted molar refractivity (Wildman–Crippen MR) is 76.9 cm³/mol. The van der Waals surface area contributed by atoms with Crippen LogP contribution in [0.25, 0.3) is 16.6 Å². The van der Waals surface area contributed by atoms with Gasteiger partial charge in [0.05, 0.1) is 0 Å². The van der Waals surface area contributed by atoms with Crippen molar-refractivity contribution in [1.82, 2.24) is 4.40 Å². The van der Waals surface area contributed by atoms with Crippen LogP contribution in [0.15, 0.2) is 54.7 Å². The number of fused-ring (bicyclic) bond motifs is 1. The summed E-state index contributed by atoms with van der Waals surface area (Å²) in [4.78, 5) is 0. The molecule has 0 amide bonds. The fraction of sp³-hybridized carbons (Fsp3) is 0.176. The second-order valence-electron chi connectivity index (χ2n) is 4.70. The Bertz CT molecular complexity index is 677. The molecule has 0 spiro atoms. The van der Waals surface area contributed by atoms with Gasteiger partial charge >= 0.3 is 0 Å². The van der Waals surface area contributed by atoms with Gasteiger partial charge in [0.1, 0.15) is 0 Å². The van der Waals surface area contributed by atoms with Gasteiger partial charge in [0, 0.05) is 23.0 Å². The maximum absolute atomic E-state index is 2.29. The summed E-state index contributed by atoms with van der Waals surface area (Å²) in [6.45, 7) is 4.38. The molecule has 2 aromatic heterocycles. The lowest BCUT2D eigenvalue weighted by atomic mass is 10.1. The minimum absolute atomic E-state index is 1.08. The highest BCUT2D eigenvalue weighted by Crippen LogP contribution is 2.27. The number of nitrogens with zero attached hydrogens (tertiary/aromatic N) is 1. The molecular formula is C17H17N. The number of hydrogen-bond acceptors (Lipinski definition) is 0. The van der Waals surface area contributed by atoms with Gasteiger partial charge in [0.15, 0.2) is 0 Å². The van der Waals surface area contributed by atoms with Gasteiger partial charge < -0.3 is 4.40 Å². The highest BCUT2D eigenvalue weighted by molar-refractivity contribution is 5.73. The lowest BCUT2D eigenvalue weighted by Gasteiger charge is -2.03. The molecule has 0 saturated carbocycles. The number of rotatable bonds is 2. The van der Waals surface area contributed by atoms with Crippen molar-refractivity contribution in [3.63, 3.8) is 0 Å². The van der Waals surface area contributed by atoms with Crippen molar-refractivity contribution in [1.29, 1.82) is 0 Å². The SMILES string of the molecule is CCc1ccc2cc(-c3ccccc3)c(C)n2c1. The molecule has 1 heteroatoms. The van der Waals surface area contributed by atoms with E-state index in [9.17, 15) is 0 Å². The highest BCUT2D eigenvalue weighted by Gasteiger charge is 2.07. The minimum atomic E-state index is 1.08. The lowest BCUT2D eigenvalue weighted by molar-refractivity contribution is 1.04. The molecule has 90 valence electrons. The van der Waals surface area contributed by atoms with E-state index in [0.717, 1.165) is 6.42 Å². The molecule has 1 nitrogen and oxygen atoms in total. The van der Waals surface area contributed by atoms with E-state index in [0.29, 0.717) is 0 Å². The van der Waals surface area contributed by atoms with E-state index >= 15 is 0 Å². The van der Waals surface area contributed by atoms with Crippen LogP contribution in [-0.2, 0) is 6.42 Å². The van der Waals surface area contributed by atoms with E-state index in [2.05, 4.69) is 73.0 Å². The van der Waals surface area contributed by atoms with Crippen LogP contribution in [0.1, 0.15) is 18.2 Å². The van der Waals surface area contributed by atoms with E-state index in [-0.39, 0.29) is 0 Å². The Balaban J connectivity index is 2.23. The molecule has 0 fully saturated rings. The topological polar surface area (TPSA) is 4.41 Å². The summed E-state index contributed by atoms with van der Waals surface area (Å²) in [5, 5.41) is 0. The Labute approximate surface area is 108 Å². The summed E-state index contributed by atoms with van der Waals surface area (Å²) in [6, 6.07) is 17.3. The Hall–Kier alpha value is -2.02. The van der Waals surface area contributed by atoms with Crippen molar-refractivity contribution in [2.45, 2.75) is 20.3 Å². The van der Waals surface area contributed by atoms with Crippen molar-refractivity contribution >= 4 is 5.52 Å². The zero-order chi connectivity index (χ0) is 12.5. The van der Waals surface area contributed by atoms with Crippen LogP contribution in [-0.4, -0.2) is 4.40 Å². The van der Waals surface area contributed by atoms with Gasteiger partial charge in [-0.05, 0) is 36.6 Å². The third-order valence-electron chi connectivity index (χ3n) is 3.58. The predicted octanol–water partition coefficient (Wildman–Crippen LogP) is 4.48. The molecule has 3 aromatic rings. The lowest BCUT2D eigenvalue weighted by Crippen LogP contribution is -1.90. The summed E-state index contributed by atoms with van der Waals surface area (Å²) in [5.41, 5.74) is 6.57. The smallest absolute Gasteiger partial charge is 0.0459 e. The first-order valence-electron chi connectivity index (χ1n) is 6.45. The number of hydrogen-bond donors (Lipinski definition) is 0. The summed E-state index contributed by atoms with van der Waals surface area (Å²) in [7, 11) is 0. The molecule has 0 bridgehead atoms. The molecule has 0 saturated heterocycles. The Morgan fingerprint density at radius 1 is 1.00 bits per heavy atom. The van der Waals surface area contributed by atoms with Gasteiger partial charge in [-0.2, -0.15) is 0 Å². The van der Waals surface area contributed by atoms with Crippen LogP contribution in [0.4, 0.5) is 0 Å². The van der Waals surface area contributed by atoms with Gasteiger partial charge in [-0.3, -0.25) is 0 Å². The van der Waals surface area contributed by atoms with Crippen LogP contribution in [0.5, 0.6) is 0 Å². The number of benzene rings is 1. The first kappa shape index (κ1) is 11.1. The van der Waals surface area contributed by atoms with E-state index in [1.807, 2.05) is 0 Å². The van der Waals surface area contributed by atoms with Crippen LogP contribution in [0.2, 0.25) is 0 Å². The summed E-state index contributed by atoms with van der Waals surface area (Å²) < 4.78 is 2.29. The zero-order valence-corrected chi connectivity index (χ0v) is 10.9. The molecule has 3 rings (SSSR count). The van der Waals surface area contributed by atoms with Crippen molar-refractivity contribution < 1.29 is 0 Å². The second-order valence-corrected chi connectivity index (χ2v) is 4.70. The molecule has 2 heterocycles.